The number of aliphatic hydroxyl groups excluding tert-OH is 1. The largest absolute Gasteiger partial charge is 0.508 e. The first-order valence-corrected chi connectivity index (χ1v) is 10.9. The molecular weight excluding hydrogens is 465 g/mol. The number of hydrogen-bond acceptors (Lipinski definition) is 5. The Bertz CT molecular complexity index is 1270. The van der Waals surface area contributed by atoms with E-state index >= 15 is 0 Å². The highest BCUT2D eigenvalue weighted by molar-refractivity contribution is 6.52. The molecule has 0 aromatic heterocycles. The highest BCUT2D eigenvalue weighted by atomic mass is 35.5. The Labute approximate surface area is 200 Å². The second-order valence-corrected chi connectivity index (χ2v) is 8.13. The van der Waals surface area contributed by atoms with Gasteiger partial charge in [0, 0.05) is 11.3 Å². The minimum absolute atomic E-state index is 0.0228. The lowest BCUT2D eigenvalue weighted by Crippen LogP contribution is -2.29. The maximum atomic E-state index is 13.2. The van der Waals surface area contributed by atoms with Crippen molar-refractivity contribution in [3.63, 3.8) is 0 Å². The van der Waals surface area contributed by atoms with Crippen LogP contribution in [-0.4, -0.2) is 28.5 Å². The number of ether oxygens (including phenoxy) is 1. The van der Waals surface area contributed by atoms with Crippen LogP contribution in [0.3, 0.4) is 0 Å². The summed E-state index contributed by atoms with van der Waals surface area (Å²) in [7, 11) is 0. The average Bonchev–Trinajstić information content (AvgIpc) is 3.07. The van der Waals surface area contributed by atoms with Crippen LogP contribution >= 0.6 is 23.2 Å². The third-order valence-corrected chi connectivity index (χ3v) is 5.99. The van der Waals surface area contributed by atoms with Gasteiger partial charge in [-0.15, -0.1) is 0 Å². The van der Waals surface area contributed by atoms with Crippen molar-refractivity contribution in [2.24, 2.45) is 0 Å². The van der Waals surface area contributed by atoms with Gasteiger partial charge in [-0.3, -0.25) is 14.5 Å². The predicted molar refractivity (Wildman–Crippen MR) is 127 cm³/mol. The minimum Gasteiger partial charge on any atom is -0.508 e. The van der Waals surface area contributed by atoms with Gasteiger partial charge >= 0.3 is 0 Å². The summed E-state index contributed by atoms with van der Waals surface area (Å²) in [4.78, 5) is 27.6. The van der Waals surface area contributed by atoms with E-state index in [0.29, 0.717) is 34.2 Å². The number of phenols is 1. The van der Waals surface area contributed by atoms with E-state index in [1.165, 1.54) is 29.2 Å². The molecule has 0 bridgehead atoms. The Morgan fingerprint density at radius 2 is 1.73 bits per heavy atom. The third kappa shape index (κ3) is 4.27. The summed E-state index contributed by atoms with van der Waals surface area (Å²) in [5.74, 6) is -1.47. The fourth-order valence-corrected chi connectivity index (χ4v) is 4.05. The first kappa shape index (κ1) is 22.7. The number of halogens is 2. The van der Waals surface area contributed by atoms with Crippen molar-refractivity contribution in [3.05, 3.63) is 93.5 Å². The number of benzene rings is 3. The second-order valence-electron chi connectivity index (χ2n) is 7.32. The predicted octanol–water partition coefficient (Wildman–Crippen LogP) is 5.72. The van der Waals surface area contributed by atoms with E-state index in [-0.39, 0.29) is 22.1 Å². The molecule has 1 amide bonds. The normalized spacial score (nSPS) is 17.4. The molecule has 0 aliphatic carbocycles. The Morgan fingerprint density at radius 1 is 1.00 bits per heavy atom. The number of amides is 1. The third-order valence-electron chi connectivity index (χ3n) is 5.25. The monoisotopic (exact) mass is 483 g/mol. The van der Waals surface area contributed by atoms with Gasteiger partial charge in [-0.25, -0.2) is 0 Å². The minimum atomic E-state index is -0.960. The Hall–Kier alpha value is -3.48. The molecule has 1 atom stereocenters. The van der Waals surface area contributed by atoms with Gasteiger partial charge in [0.05, 0.1) is 28.3 Å². The number of carbonyl (C=O) groups excluding carboxylic acids is 2. The first-order valence-electron chi connectivity index (χ1n) is 10.1. The molecule has 2 N–H and O–H groups in total. The van der Waals surface area contributed by atoms with Crippen LogP contribution in [0.25, 0.3) is 5.76 Å². The number of nitrogens with zero attached hydrogens (tertiary/aromatic N) is 1. The van der Waals surface area contributed by atoms with Crippen molar-refractivity contribution in [1.29, 1.82) is 0 Å². The van der Waals surface area contributed by atoms with E-state index in [1.807, 2.05) is 6.92 Å². The molecule has 8 heteroatoms. The van der Waals surface area contributed by atoms with Crippen molar-refractivity contribution < 1.29 is 24.5 Å². The van der Waals surface area contributed by atoms with E-state index in [4.69, 9.17) is 27.9 Å². The van der Waals surface area contributed by atoms with Gasteiger partial charge in [-0.2, -0.15) is 0 Å². The van der Waals surface area contributed by atoms with Crippen LogP contribution in [0, 0.1) is 0 Å². The molecule has 1 unspecified atom stereocenters. The van der Waals surface area contributed by atoms with Gasteiger partial charge in [0.25, 0.3) is 11.7 Å². The van der Waals surface area contributed by atoms with Gasteiger partial charge in [0.1, 0.15) is 17.3 Å². The number of phenolic OH excluding ortho intramolecular Hbond substituents is 1. The topological polar surface area (TPSA) is 87.1 Å². The van der Waals surface area contributed by atoms with E-state index < -0.39 is 17.7 Å². The van der Waals surface area contributed by atoms with Crippen molar-refractivity contribution in [2.45, 2.75) is 13.0 Å². The smallest absolute Gasteiger partial charge is 0.300 e. The molecule has 0 saturated carbocycles. The summed E-state index contributed by atoms with van der Waals surface area (Å²) < 4.78 is 5.50. The molecule has 1 aliphatic rings. The van der Waals surface area contributed by atoms with Crippen molar-refractivity contribution in [3.8, 4) is 11.5 Å². The molecule has 6 nitrogen and oxygen atoms in total. The van der Waals surface area contributed by atoms with Gasteiger partial charge in [0.2, 0.25) is 0 Å². The molecule has 4 rings (SSSR count). The summed E-state index contributed by atoms with van der Waals surface area (Å²) in [5, 5.41) is 21.4. The highest BCUT2D eigenvalue weighted by Gasteiger charge is 2.47. The molecule has 1 saturated heterocycles. The SMILES string of the molecule is CCOc1cccc(/C(O)=C2\C(=O)C(=O)N(c3ccc(Cl)c(Cl)c3)C2c2ccc(O)cc2)c1. The van der Waals surface area contributed by atoms with E-state index in [2.05, 4.69) is 0 Å². The summed E-state index contributed by atoms with van der Waals surface area (Å²) in [5.41, 5.74) is 1.09. The standard InChI is InChI=1S/C25H19Cl2NO5/c1-2-33-18-5-3-4-15(12-18)23(30)21-22(14-6-9-17(29)10-7-14)28(25(32)24(21)31)16-8-11-19(26)20(27)13-16/h3-13,22,29-30H,2H2,1H3/b23-21+. The lowest BCUT2D eigenvalue weighted by molar-refractivity contribution is -0.132. The Balaban J connectivity index is 1.93. The van der Waals surface area contributed by atoms with Gasteiger partial charge < -0.3 is 14.9 Å². The zero-order chi connectivity index (χ0) is 23.7. The van der Waals surface area contributed by atoms with E-state index in [0.717, 1.165) is 0 Å². The van der Waals surface area contributed by atoms with Crippen molar-refractivity contribution in [1.82, 2.24) is 0 Å². The summed E-state index contributed by atoms with van der Waals surface area (Å²) in [6.45, 7) is 2.26. The molecule has 0 radical (unpaired) electrons. The molecule has 0 spiro atoms. The first-order chi connectivity index (χ1) is 15.8. The molecule has 33 heavy (non-hydrogen) atoms. The van der Waals surface area contributed by atoms with Crippen LogP contribution < -0.4 is 9.64 Å². The number of ketones is 1. The molecule has 3 aromatic carbocycles. The van der Waals surface area contributed by atoms with Crippen LogP contribution in [0.15, 0.2) is 72.3 Å². The fourth-order valence-electron chi connectivity index (χ4n) is 3.76. The lowest BCUT2D eigenvalue weighted by Gasteiger charge is -2.25. The van der Waals surface area contributed by atoms with Gasteiger partial charge in [-0.05, 0) is 55.0 Å². The van der Waals surface area contributed by atoms with Crippen LogP contribution in [0.5, 0.6) is 11.5 Å². The van der Waals surface area contributed by atoms with Crippen molar-refractivity contribution in [2.75, 3.05) is 11.5 Å². The molecule has 1 aliphatic heterocycles. The average molecular weight is 484 g/mol. The summed E-state index contributed by atoms with van der Waals surface area (Å²) >= 11 is 12.2. The molecule has 1 fully saturated rings. The van der Waals surface area contributed by atoms with Crippen LogP contribution in [-0.2, 0) is 9.59 Å². The summed E-state index contributed by atoms with van der Waals surface area (Å²) in [6.07, 6.45) is 0. The molecule has 3 aromatic rings. The lowest BCUT2D eigenvalue weighted by atomic mass is 9.95. The Morgan fingerprint density at radius 3 is 2.39 bits per heavy atom. The second kappa shape index (κ2) is 9.17. The maximum Gasteiger partial charge on any atom is 0.300 e. The van der Waals surface area contributed by atoms with Crippen molar-refractivity contribution >= 4 is 46.3 Å². The molecule has 1 heterocycles. The van der Waals surface area contributed by atoms with Gasteiger partial charge in [-0.1, -0.05) is 47.5 Å². The number of Topliss-reactive ketones (excluding diaryl/α,β-unsaturated/α-hetero) is 1. The number of hydrogen-bond donors (Lipinski definition) is 2. The zero-order valence-electron chi connectivity index (χ0n) is 17.5. The van der Waals surface area contributed by atoms with Crippen LogP contribution in [0.2, 0.25) is 10.0 Å². The number of carbonyl (C=O) groups is 2. The van der Waals surface area contributed by atoms with Crippen LogP contribution in [0.4, 0.5) is 5.69 Å². The zero-order valence-corrected chi connectivity index (χ0v) is 19.0. The maximum absolute atomic E-state index is 13.2. The van der Waals surface area contributed by atoms with E-state index in [9.17, 15) is 19.8 Å². The Kier molecular flexibility index (Phi) is 6.31. The number of rotatable bonds is 5. The molecule has 168 valence electrons. The summed E-state index contributed by atoms with van der Waals surface area (Å²) in [6, 6.07) is 16.3. The number of anilines is 1. The number of aromatic hydroxyl groups is 1. The van der Waals surface area contributed by atoms with Crippen LogP contribution in [0.1, 0.15) is 24.1 Å². The molecular formula is C25H19Cl2NO5. The quantitative estimate of drug-likeness (QED) is 0.275. The number of aliphatic hydroxyl groups is 1. The fraction of sp³-hybridized carbons (Fsp3) is 0.120. The van der Waals surface area contributed by atoms with Gasteiger partial charge in [0.15, 0.2) is 0 Å². The van der Waals surface area contributed by atoms with E-state index in [1.54, 1.807) is 42.5 Å². The highest BCUT2D eigenvalue weighted by Crippen LogP contribution is 2.43.